The van der Waals surface area contributed by atoms with Gasteiger partial charge in [-0.25, -0.2) is 4.79 Å². The van der Waals surface area contributed by atoms with Crippen molar-refractivity contribution >= 4 is 23.5 Å². The van der Waals surface area contributed by atoms with Crippen molar-refractivity contribution < 1.29 is 24.6 Å². The molecule has 4 N–H and O–H groups in total. The first-order chi connectivity index (χ1) is 9.93. The molecule has 7 heteroatoms. The molecule has 1 amide bonds. The molecule has 1 aromatic carbocycles. The lowest BCUT2D eigenvalue weighted by Gasteiger charge is -2.15. The first kappa shape index (κ1) is 16.5. The van der Waals surface area contributed by atoms with Gasteiger partial charge in [-0.3, -0.25) is 9.59 Å². The summed E-state index contributed by atoms with van der Waals surface area (Å²) in [4.78, 5) is 33.0. The third-order valence-corrected chi connectivity index (χ3v) is 2.76. The van der Waals surface area contributed by atoms with E-state index in [1.165, 1.54) is 12.1 Å². The number of carboxylic acid groups (broad SMARTS) is 2. The van der Waals surface area contributed by atoms with Gasteiger partial charge in [0, 0.05) is 11.3 Å². The molecule has 21 heavy (non-hydrogen) atoms. The topological polar surface area (TPSA) is 116 Å². The molecule has 1 rings (SSSR count). The summed E-state index contributed by atoms with van der Waals surface area (Å²) in [5.74, 6) is -2.54. The summed E-state index contributed by atoms with van der Waals surface area (Å²) >= 11 is 0. The number of carbonyl (C=O) groups is 3. The second-order valence-corrected chi connectivity index (χ2v) is 4.48. The number of hydrogen-bond acceptors (Lipinski definition) is 4. The van der Waals surface area contributed by atoms with E-state index in [1.54, 1.807) is 12.1 Å². The Labute approximate surface area is 122 Å². The third kappa shape index (κ3) is 5.52. The van der Waals surface area contributed by atoms with Gasteiger partial charge in [0.1, 0.15) is 12.6 Å². The van der Waals surface area contributed by atoms with Gasteiger partial charge in [0.2, 0.25) is 0 Å². The van der Waals surface area contributed by atoms with Crippen molar-refractivity contribution in [1.29, 1.82) is 0 Å². The maximum absolute atomic E-state index is 11.6. The summed E-state index contributed by atoms with van der Waals surface area (Å²) in [5, 5.41) is 22.6. The Morgan fingerprint density at radius 3 is 2.24 bits per heavy atom. The van der Waals surface area contributed by atoms with E-state index in [2.05, 4.69) is 10.6 Å². The molecule has 0 bridgehead atoms. The van der Waals surface area contributed by atoms with Crippen LogP contribution < -0.4 is 10.6 Å². The zero-order valence-electron chi connectivity index (χ0n) is 11.6. The van der Waals surface area contributed by atoms with Crippen molar-refractivity contribution in [2.24, 2.45) is 0 Å². The van der Waals surface area contributed by atoms with Crippen molar-refractivity contribution in [2.75, 3.05) is 11.9 Å². The highest BCUT2D eigenvalue weighted by Gasteiger charge is 2.16. The molecular formula is C14H18N2O5. The molecule has 0 aliphatic rings. The summed E-state index contributed by atoms with van der Waals surface area (Å²) in [7, 11) is 0. The number of hydrogen-bond donors (Lipinski definition) is 4. The van der Waals surface area contributed by atoms with Crippen molar-refractivity contribution in [3.05, 3.63) is 29.8 Å². The normalized spacial score (nSPS) is 11.5. The molecule has 1 unspecified atom stereocenters. The summed E-state index contributed by atoms with van der Waals surface area (Å²) in [6.07, 6.45) is 1.23. The Kier molecular flexibility index (Phi) is 6.19. The van der Waals surface area contributed by atoms with E-state index in [-0.39, 0.29) is 0 Å². The van der Waals surface area contributed by atoms with Crippen molar-refractivity contribution in [3.63, 3.8) is 0 Å². The third-order valence-electron chi connectivity index (χ3n) is 2.76. The summed E-state index contributed by atoms with van der Waals surface area (Å²) < 4.78 is 0. The smallest absolute Gasteiger partial charge is 0.326 e. The molecule has 1 aromatic rings. The molecule has 0 radical (unpaired) electrons. The van der Waals surface area contributed by atoms with Crippen molar-refractivity contribution in [3.8, 4) is 0 Å². The predicted octanol–water partition coefficient (Wildman–Crippen LogP) is 1.17. The van der Waals surface area contributed by atoms with Crippen LogP contribution in [0.3, 0.4) is 0 Å². The number of rotatable bonds is 8. The van der Waals surface area contributed by atoms with Gasteiger partial charge in [-0.15, -0.1) is 0 Å². The van der Waals surface area contributed by atoms with E-state index < -0.39 is 30.4 Å². The van der Waals surface area contributed by atoms with Crippen LogP contribution in [-0.2, 0) is 9.59 Å². The van der Waals surface area contributed by atoms with Gasteiger partial charge in [0.25, 0.3) is 5.91 Å². The number of aliphatic carboxylic acids is 2. The minimum atomic E-state index is -1.12. The van der Waals surface area contributed by atoms with Gasteiger partial charge in [-0.05, 0) is 30.7 Å². The zero-order valence-corrected chi connectivity index (χ0v) is 11.6. The molecule has 0 aromatic heterocycles. The highest BCUT2D eigenvalue weighted by molar-refractivity contribution is 5.96. The highest BCUT2D eigenvalue weighted by atomic mass is 16.4. The van der Waals surface area contributed by atoms with Crippen molar-refractivity contribution in [2.45, 2.75) is 25.8 Å². The van der Waals surface area contributed by atoms with Gasteiger partial charge in [0.15, 0.2) is 0 Å². The maximum atomic E-state index is 11.6. The molecule has 0 spiro atoms. The lowest BCUT2D eigenvalue weighted by molar-refractivity contribution is -0.138. The Morgan fingerprint density at radius 1 is 1.14 bits per heavy atom. The Hall–Kier alpha value is -2.57. The maximum Gasteiger partial charge on any atom is 0.326 e. The Morgan fingerprint density at radius 2 is 1.76 bits per heavy atom. The Balaban J connectivity index is 2.66. The fraction of sp³-hybridized carbons (Fsp3) is 0.357. The monoisotopic (exact) mass is 294 g/mol. The predicted molar refractivity (Wildman–Crippen MR) is 76.4 cm³/mol. The average molecular weight is 294 g/mol. The summed E-state index contributed by atoms with van der Waals surface area (Å²) in [6.45, 7) is 1.45. The molecular weight excluding hydrogens is 276 g/mol. The molecule has 1 atom stereocenters. The van der Waals surface area contributed by atoms with Crippen molar-refractivity contribution in [1.82, 2.24) is 5.32 Å². The fourth-order valence-corrected chi connectivity index (χ4v) is 1.72. The van der Waals surface area contributed by atoms with E-state index >= 15 is 0 Å². The molecule has 0 aliphatic heterocycles. The van der Waals surface area contributed by atoms with Crippen LogP contribution >= 0.6 is 0 Å². The van der Waals surface area contributed by atoms with Crippen LogP contribution in [-0.4, -0.2) is 40.6 Å². The van der Waals surface area contributed by atoms with Crippen LogP contribution in [0.15, 0.2) is 24.3 Å². The van der Waals surface area contributed by atoms with Gasteiger partial charge in [-0.1, -0.05) is 13.3 Å². The number of carbonyl (C=O) groups excluding carboxylic acids is 1. The van der Waals surface area contributed by atoms with Gasteiger partial charge < -0.3 is 20.8 Å². The largest absolute Gasteiger partial charge is 0.480 e. The van der Waals surface area contributed by atoms with E-state index in [9.17, 15) is 14.4 Å². The van der Waals surface area contributed by atoms with Crippen LogP contribution in [0.4, 0.5) is 5.69 Å². The molecule has 0 saturated carbocycles. The van der Waals surface area contributed by atoms with E-state index in [4.69, 9.17) is 10.2 Å². The lowest BCUT2D eigenvalue weighted by Crippen LogP contribution is -2.30. The standard InChI is InChI=1S/C14H18N2O5/c1-2-3-11(14(20)21)16-10-6-4-9(5-7-10)13(19)15-8-12(17)18/h4-7,11,16H,2-3,8H2,1H3,(H,15,19)(H,17,18)(H,20,21). The van der Waals surface area contributed by atoms with E-state index in [0.29, 0.717) is 17.7 Å². The van der Waals surface area contributed by atoms with Gasteiger partial charge >= 0.3 is 11.9 Å². The summed E-state index contributed by atoms with van der Waals surface area (Å²) in [6, 6.07) is 5.50. The molecule has 0 heterocycles. The van der Waals surface area contributed by atoms with Crippen LogP contribution in [0.1, 0.15) is 30.1 Å². The van der Waals surface area contributed by atoms with Crippen LogP contribution in [0.25, 0.3) is 0 Å². The first-order valence-electron chi connectivity index (χ1n) is 6.53. The highest BCUT2D eigenvalue weighted by Crippen LogP contribution is 2.13. The quantitative estimate of drug-likeness (QED) is 0.572. The molecule has 0 saturated heterocycles. The molecule has 7 nitrogen and oxygen atoms in total. The molecule has 114 valence electrons. The lowest BCUT2D eigenvalue weighted by atomic mass is 10.1. The summed E-state index contributed by atoms with van der Waals surface area (Å²) in [5.41, 5.74) is 0.898. The van der Waals surface area contributed by atoms with E-state index in [1.807, 2.05) is 6.92 Å². The second kappa shape index (κ2) is 7.88. The zero-order chi connectivity index (χ0) is 15.8. The SMILES string of the molecule is CCCC(Nc1ccc(C(=O)NCC(=O)O)cc1)C(=O)O. The fourth-order valence-electron chi connectivity index (χ4n) is 1.72. The number of amides is 1. The second-order valence-electron chi connectivity index (χ2n) is 4.48. The molecule has 0 fully saturated rings. The van der Waals surface area contributed by atoms with Crippen LogP contribution in [0, 0.1) is 0 Å². The number of carboxylic acids is 2. The average Bonchev–Trinajstić information content (AvgIpc) is 2.45. The Bertz CT molecular complexity index is 513. The first-order valence-corrected chi connectivity index (χ1v) is 6.53. The minimum absolute atomic E-state index is 0.309. The van der Waals surface area contributed by atoms with Gasteiger partial charge in [-0.2, -0.15) is 0 Å². The molecule has 0 aliphatic carbocycles. The number of nitrogens with one attached hydrogen (secondary N) is 2. The minimum Gasteiger partial charge on any atom is -0.480 e. The number of anilines is 1. The van der Waals surface area contributed by atoms with Crippen LogP contribution in [0.2, 0.25) is 0 Å². The van der Waals surface area contributed by atoms with Crippen LogP contribution in [0.5, 0.6) is 0 Å². The van der Waals surface area contributed by atoms with E-state index in [0.717, 1.165) is 6.42 Å². The number of benzene rings is 1. The van der Waals surface area contributed by atoms with Gasteiger partial charge in [0.05, 0.1) is 0 Å².